The van der Waals surface area contributed by atoms with Gasteiger partial charge in [0.15, 0.2) is 5.82 Å². The SMILES string of the molecule is COc1ccc2c(c1)[nH]c1c(N3CCN(Cc4ccccc4)CC3)ncnc12. The molecule has 2 aromatic carbocycles. The van der Waals surface area contributed by atoms with Gasteiger partial charge in [0, 0.05) is 44.2 Å². The molecule has 3 heterocycles. The molecule has 1 aliphatic heterocycles. The van der Waals surface area contributed by atoms with E-state index in [9.17, 15) is 0 Å². The van der Waals surface area contributed by atoms with Crippen LogP contribution in [-0.2, 0) is 6.54 Å². The Kier molecular flexibility index (Phi) is 4.33. The average molecular weight is 373 g/mol. The van der Waals surface area contributed by atoms with Crippen molar-refractivity contribution in [3.05, 3.63) is 60.4 Å². The lowest BCUT2D eigenvalue weighted by Gasteiger charge is -2.35. The second-order valence-corrected chi connectivity index (χ2v) is 7.21. The van der Waals surface area contributed by atoms with Crippen molar-refractivity contribution in [2.75, 3.05) is 38.2 Å². The molecule has 142 valence electrons. The van der Waals surface area contributed by atoms with Crippen LogP contribution in [0.25, 0.3) is 21.9 Å². The number of methoxy groups -OCH3 is 1. The Hall–Kier alpha value is -3.12. The number of anilines is 1. The fraction of sp³-hybridized carbons (Fsp3) is 0.273. The van der Waals surface area contributed by atoms with Gasteiger partial charge in [-0.25, -0.2) is 9.97 Å². The first-order valence-electron chi connectivity index (χ1n) is 9.63. The molecule has 0 saturated carbocycles. The predicted octanol–water partition coefficient (Wildman–Crippen LogP) is 3.44. The quantitative estimate of drug-likeness (QED) is 0.594. The van der Waals surface area contributed by atoms with E-state index in [4.69, 9.17) is 4.74 Å². The minimum Gasteiger partial charge on any atom is -0.497 e. The molecule has 1 saturated heterocycles. The number of nitrogens with one attached hydrogen (secondary N) is 1. The van der Waals surface area contributed by atoms with E-state index in [2.05, 4.69) is 61.1 Å². The fourth-order valence-electron chi connectivity index (χ4n) is 3.99. The molecule has 4 aromatic rings. The van der Waals surface area contributed by atoms with Crippen molar-refractivity contribution >= 4 is 27.8 Å². The van der Waals surface area contributed by atoms with Gasteiger partial charge in [-0.1, -0.05) is 30.3 Å². The summed E-state index contributed by atoms with van der Waals surface area (Å²) >= 11 is 0. The summed E-state index contributed by atoms with van der Waals surface area (Å²) in [5.41, 5.74) is 4.36. The highest BCUT2D eigenvalue weighted by molar-refractivity contribution is 6.08. The Balaban J connectivity index is 1.39. The average Bonchev–Trinajstić information content (AvgIpc) is 3.13. The van der Waals surface area contributed by atoms with Gasteiger partial charge < -0.3 is 14.6 Å². The Morgan fingerprint density at radius 3 is 2.61 bits per heavy atom. The summed E-state index contributed by atoms with van der Waals surface area (Å²) in [6, 6.07) is 16.7. The third kappa shape index (κ3) is 3.05. The number of hydrogen-bond donors (Lipinski definition) is 1. The monoisotopic (exact) mass is 373 g/mol. The first kappa shape index (κ1) is 17.0. The molecule has 1 N–H and O–H groups in total. The van der Waals surface area contributed by atoms with Crippen LogP contribution in [0.3, 0.4) is 0 Å². The molecule has 0 atom stereocenters. The zero-order valence-corrected chi connectivity index (χ0v) is 15.9. The van der Waals surface area contributed by atoms with Crippen LogP contribution < -0.4 is 9.64 Å². The van der Waals surface area contributed by atoms with Gasteiger partial charge in [0.25, 0.3) is 0 Å². The molecule has 0 spiro atoms. The fourth-order valence-corrected chi connectivity index (χ4v) is 3.99. The number of ether oxygens (including phenoxy) is 1. The minimum atomic E-state index is 0.836. The largest absolute Gasteiger partial charge is 0.497 e. The summed E-state index contributed by atoms with van der Waals surface area (Å²) in [5.74, 6) is 1.82. The Morgan fingerprint density at radius 1 is 1.00 bits per heavy atom. The van der Waals surface area contributed by atoms with Crippen LogP contribution in [0.15, 0.2) is 54.9 Å². The summed E-state index contributed by atoms with van der Waals surface area (Å²) < 4.78 is 5.35. The van der Waals surface area contributed by atoms with Crippen LogP contribution in [0.5, 0.6) is 5.75 Å². The lowest BCUT2D eigenvalue weighted by molar-refractivity contribution is 0.249. The molecule has 28 heavy (non-hydrogen) atoms. The van der Waals surface area contributed by atoms with Crippen molar-refractivity contribution in [2.24, 2.45) is 0 Å². The molecule has 2 aromatic heterocycles. The van der Waals surface area contributed by atoms with E-state index in [0.29, 0.717) is 0 Å². The zero-order chi connectivity index (χ0) is 18.9. The maximum absolute atomic E-state index is 5.35. The topological polar surface area (TPSA) is 57.3 Å². The van der Waals surface area contributed by atoms with E-state index in [-0.39, 0.29) is 0 Å². The molecule has 1 fully saturated rings. The van der Waals surface area contributed by atoms with Crippen molar-refractivity contribution in [1.29, 1.82) is 0 Å². The van der Waals surface area contributed by atoms with E-state index in [0.717, 1.165) is 66.2 Å². The van der Waals surface area contributed by atoms with Gasteiger partial charge in [-0.3, -0.25) is 4.90 Å². The summed E-state index contributed by atoms with van der Waals surface area (Å²) in [6.45, 7) is 4.96. The van der Waals surface area contributed by atoms with E-state index < -0.39 is 0 Å². The maximum atomic E-state index is 5.35. The summed E-state index contributed by atoms with van der Waals surface area (Å²) in [5, 5.41) is 1.10. The molecule has 6 heteroatoms. The highest BCUT2D eigenvalue weighted by atomic mass is 16.5. The van der Waals surface area contributed by atoms with Gasteiger partial charge in [0.05, 0.1) is 12.6 Å². The van der Waals surface area contributed by atoms with Crippen molar-refractivity contribution < 1.29 is 4.74 Å². The van der Waals surface area contributed by atoms with Crippen LogP contribution in [0.4, 0.5) is 5.82 Å². The Labute approximate surface area is 163 Å². The maximum Gasteiger partial charge on any atom is 0.156 e. The molecule has 1 aliphatic rings. The first-order chi connectivity index (χ1) is 13.8. The number of aromatic amines is 1. The lowest BCUT2D eigenvalue weighted by Crippen LogP contribution is -2.46. The minimum absolute atomic E-state index is 0.836. The number of hydrogen-bond acceptors (Lipinski definition) is 5. The highest BCUT2D eigenvalue weighted by Gasteiger charge is 2.21. The number of fused-ring (bicyclic) bond motifs is 3. The van der Waals surface area contributed by atoms with Crippen LogP contribution in [0.1, 0.15) is 5.56 Å². The highest BCUT2D eigenvalue weighted by Crippen LogP contribution is 2.31. The smallest absolute Gasteiger partial charge is 0.156 e. The van der Waals surface area contributed by atoms with Crippen LogP contribution in [-0.4, -0.2) is 53.1 Å². The number of nitrogens with zero attached hydrogens (tertiary/aromatic N) is 4. The van der Waals surface area contributed by atoms with Crippen LogP contribution in [0.2, 0.25) is 0 Å². The lowest BCUT2D eigenvalue weighted by atomic mass is 10.2. The molecule has 5 rings (SSSR count). The normalized spacial score (nSPS) is 15.4. The number of aromatic nitrogens is 3. The molecule has 0 amide bonds. The van der Waals surface area contributed by atoms with Gasteiger partial charge in [0.2, 0.25) is 0 Å². The summed E-state index contributed by atoms with van der Waals surface area (Å²) in [4.78, 5) is 17.5. The molecule has 0 radical (unpaired) electrons. The van der Waals surface area contributed by atoms with Crippen molar-refractivity contribution in [1.82, 2.24) is 19.9 Å². The molecular weight excluding hydrogens is 350 g/mol. The van der Waals surface area contributed by atoms with Gasteiger partial charge in [-0.2, -0.15) is 0 Å². The summed E-state index contributed by atoms with van der Waals surface area (Å²) in [7, 11) is 1.68. The van der Waals surface area contributed by atoms with Crippen molar-refractivity contribution in [2.45, 2.75) is 6.54 Å². The first-order valence-corrected chi connectivity index (χ1v) is 9.63. The van der Waals surface area contributed by atoms with Gasteiger partial charge in [-0.05, 0) is 17.7 Å². The van der Waals surface area contributed by atoms with Crippen LogP contribution in [0, 0.1) is 0 Å². The number of piperazine rings is 1. The van der Waals surface area contributed by atoms with Gasteiger partial charge in [0.1, 0.15) is 23.1 Å². The number of H-pyrrole nitrogens is 1. The molecule has 0 bridgehead atoms. The molecular formula is C22H23N5O. The second-order valence-electron chi connectivity index (χ2n) is 7.21. The van der Waals surface area contributed by atoms with E-state index in [1.807, 2.05) is 12.1 Å². The predicted molar refractivity (Wildman–Crippen MR) is 112 cm³/mol. The van der Waals surface area contributed by atoms with Gasteiger partial charge in [-0.15, -0.1) is 0 Å². The van der Waals surface area contributed by atoms with E-state index >= 15 is 0 Å². The van der Waals surface area contributed by atoms with E-state index in [1.54, 1.807) is 13.4 Å². The standard InChI is InChI=1S/C22H23N5O/c1-28-17-7-8-18-19(13-17)25-21-20(18)23-15-24-22(21)27-11-9-26(10-12-27)14-16-5-3-2-4-6-16/h2-8,13,15,25H,9-12,14H2,1H3. The molecule has 0 unspecified atom stereocenters. The van der Waals surface area contributed by atoms with Crippen LogP contribution >= 0.6 is 0 Å². The Bertz CT molecular complexity index is 1100. The zero-order valence-electron chi connectivity index (χ0n) is 15.9. The van der Waals surface area contributed by atoms with Gasteiger partial charge >= 0.3 is 0 Å². The Morgan fingerprint density at radius 2 is 1.82 bits per heavy atom. The number of benzene rings is 2. The van der Waals surface area contributed by atoms with Crippen molar-refractivity contribution in [3.8, 4) is 5.75 Å². The third-order valence-corrected chi connectivity index (χ3v) is 5.49. The summed E-state index contributed by atoms with van der Waals surface area (Å²) in [6.07, 6.45) is 1.67. The molecule has 6 nitrogen and oxygen atoms in total. The van der Waals surface area contributed by atoms with E-state index in [1.165, 1.54) is 5.56 Å². The second kappa shape index (κ2) is 7.13. The number of rotatable bonds is 4. The third-order valence-electron chi connectivity index (χ3n) is 5.49. The molecule has 0 aliphatic carbocycles. The van der Waals surface area contributed by atoms with Crippen molar-refractivity contribution in [3.63, 3.8) is 0 Å².